The third kappa shape index (κ3) is 2.45. The molecule has 2 aromatic carbocycles. The van der Waals surface area contributed by atoms with Crippen LogP contribution in [0.2, 0.25) is 0 Å². The van der Waals surface area contributed by atoms with Crippen molar-refractivity contribution in [3.05, 3.63) is 69.8 Å². The lowest BCUT2D eigenvalue weighted by Gasteiger charge is -2.31. The Kier molecular flexibility index (Phi) is 3.59. The van der Waals surface area contributed by atoms with Crippen LogP contribution in [0.3, 0.4) is 0 Å². The van der Waals surface area contributed by atoms with Gasteiger partial charge < -0.3 is 10.4 Å². The molecule has 0 saturated heterocycles. The number of hydrogen-bond acceptors (Lipinski definition) is 5. The zero-order valence-electron chi connectivity index (χ0n) is 12.4. The molecule has 0 spiro atoms. The van der Waals surface area contributed by atoms with E-state index in [2.05, 4.69) is 5.32 Å². The summed E-state index contributed by atoms with van der Waals surface area (Å²) in [4.78, 5) is 24.2. The van der Waals surface area contributed by atoms with Crippen molar-refractivity contribution >= 4 is 17.3 Å². The average molecular weight is 313 g/mol. The molecule has 0 fully saturated rings. The summed E-state index contributed by atoms with van der Waals surface area (Å²) in [6, 6.07) is 13.3. The molecule has 2 N–H and O–H groups in total. The molecule has 1 aliphatic rings. The summed E-state index contributed by atoms with van der Waals surface area (Å²) in [6.45, 7) is 0.312. The van der Waals surface area contributed by atoms with Crippen molar-refractivity contribution in [2.45, 2.75) is 12.3 Å². The molecule has 0 aliphatic carbocycles. The number of nitrogens with one attached hydrogen (secondary N) is 1. The molecular weight excluding hydrogens is 298 g/mol. The van der Waals surface area contributed by atoms with Crippen LogP contribution in [0.1, 0.15) is 11.1 Å². The number of benzene rings is 2. The number of non-ortho nitro benzene ring substituents is 1. The molecule has 0 unspecified atom stereocenters. The number of nitro groups is 1. The van der Waals surface area contributed by atoms with Gasteiger partial charge in [0.1, 0.15) is 0 Å². The van der Waals surface area contributed by atoms with Crippen LogP contribution >= 0.6 is 0 Å². The molecule has 0 saturated carbocycles. The monoisotopic (exact) mass is 313 g/mol. The smallest absolute Gasteiger partial charge is 0.276 e. The fourth-order valence-corrected chi connectivity index (χ4v) is 2.73. The van der Waals surface area contributed by atoms with E-state index in [4.69, 9.17) is 0 Å². The lowest BCUT2D eigenvalue weighted by atomic mass is 10.0. The van der Waals surface area contributed by atoms with Crippen LogP contribution in [0, 0.1) is 10.1 Å². The molecule has 1 aliphatic heterocycles. The Morgan fingerprint density at radius 2 is 1.96 bits per heavy atom. The Hall–Kier alpha value is -2.77. The van der Waals surface area contributed by atoms with E-state index in [-0.39, 0.29) is 11.3 Å². The van der Waals surface area contributed by atoms with Crippen molar-refractivity contribution in [3.63, 3.8) is 0 Å². The summed E-state index contributed by atoms with van der Waals surface area (Å²) < 4.78 is 0. The van der Waals surface area contributed by atoms with Crippen LogP contribution in [0.25, 0.3) is 0 Å². The fraction of sp³-hybridized carbons (Fsp3) is 0.188. The highest BCUT2D eigenvalue weighted by atomic mass is 16.6. The molecule has 3 rings (SSSR count). The first kappa shape index (κ1) is 15.1. The van der Waals surface area contributed by atoms with Gasteiger partial charge in [0.25, 0.3) is 11.6 Å². The standard InChI is InChI=1S/C16H15N3O4/c1-18(10-11-5-3-2-4-6-11)16(21)13-9-12(19(22)23)7-8-14(13)17-15(16)20/h2-9,21H,10H2,1H3,(H,17,20)/t16-/m1/s1. The number of carbonyl (C=O) groups is 1. The van der Waals surface area contributed by atoms with Gasteiger partial charge in [-0.3, -0.25) is 19.8 Å². The number of fused-ring (bicyclic) bond motifs is 1. The first-order valence-corrected chi connectivity index (χ1v) is 7.01. The molecule has 1 amide bonds. The quantitative estimate of drug-likeness (QED) is 0.510. The molecule has 0 radical (unpaired) electrons. The van der Waals surface area contributed by atoms with E-state index in [9.17, 15) is 20.0 Å². The molecule has 1 atom stereocenters. The third-order valence-corrected chi connectivity index (χ3v) is 3.97. The largest absolute Gasteiger partial charge is 0.364 e. The molecular formula is C16H15N3O4. The van der Waals surface area contributed by atoms with Crippen LogP contribution in [-0.4, -0.2) is 27.9 Å². The van der Waals surface area contributed by atoms with Crippen LogP contribution in [0.15, 0.2) is 48.5 Å². The summed E-state index contributed by atoms with van der Waals surface area (Å²) in [7, 11) is 1.60. The number of likely N-dealkylation sites (N-methyl/N-ethyl adjacent to an activating group) is 1. The van der Waals surface area contributed by atoms with Crippen molar-refractivity contribution in [1.82, 2.24) is 4.90 Å². The summed E-state index contributed by atoms with van der Waals surface area (Å²) in [5, 5.41) is 24.5. The fourth-order valence-electron chi connectivity index (χ4n) is 2.73. The Labute approximate surface area is 132 Å². The maximum absolute atomic E-state index is 12.3. The van der Waals surface area contributed by atoms with Gasteiger partial charge in [-0.2, -0.15) is 0 Å². The van der Waals surface area contributed by atoms with E-state index in [1.165, 1.54) is 23.1 Å². The molecule has 23 heavy (non-hydrogen) atoms. The Morgan fingerprint density at radius 3 is 2.61 bits per heavy atom. The Bertz CT molecular complexity index is 778. The zero-order chi connectivity index (χ0) is 16.6. The second kappa shape index (κ2) is 5.45. The maximum Gasteiger partial charge on any atom is 0.276 e. The highest BCUT2D eigenvalue weighted by Crippen LogP contribution is 2.40. The number of nitrogens with zero attached hydrogens (tertiary/aromatic N) is 2. The van der Waals surface area contributed by atoms with E-state index >= 15 is 0 Å². The van der Waals surface area contributed by atoms with Crippen molar-refractivity contribution in [2.75, 3.05) is 12.4 Å². The van der Waals surface area contributed by atoms with E-state index in [1.807, 2.05) is 30.3 Å². The Balaban J connectivity index is 1.99. The number of aliphatic hydroxyl groups is 1. The molecule has 7 nitrogen and oxygen atoms in total. The van der Waals surface area contributed by atoms with E-state index in [0.717, 1.165) is 5.56 Å². The van der Waals surface area contributed by atoms with Gasteiger partial charge in [-0.05, 0) is 18.7 Å². The van der Waals surface area contributed by atoms with Crippen molar-refractivity contribution < 1.29 is 14.8 Å². The minimum atomic E-state index is -1.95. The predicted octanol–water partition coefficient (Wildman–Crippen LogP) is 1.82. The van der Waals surface area contributed by atoms with Gasteiger partial charge in [-0.1, -0.05) is 30.3 Å². The van der Waals surface area contributed by atoms with Gasteiger partial charge in [0.05, 0.1) is 4.92 Å². The first-order chi connectivity index (χ1) is 10.9. The highest BCUT2D eigenvalue weighted by Gasteiger charge is 2.49. The molecule has 1 heterocycles. The van der Waals surface area contributed by atoms with Crippen LogP contribution in [0.5, 0.6) is 0 Å². The van der Waals surface area contributed by atoms with Gasteiger partial charge in [0, 0.05) is 29.9 Å². The SMILES string of the molecule is CN(Cc1ccccc1)[C@]1(O)C(=O)Nc2ccc([N+](=O)[O-])cc21. The second-order valence-corrected chi connectivity index (χ2v) is 5.45. The molecule has 7 heteroatoms. The van der Waals surface area contributed by atoms with Crippen molar-refractivity contribution in [3.8, 4) is 0 Å². The van der Waals surface area contributed by atoms with Crippen LogP contribution in [0.4, 0.5) is 11.4 Å². The van der Waals surface area contributed by atoms with E-state index in [0.29, 0.717) is 12.2 Å². The summed E-state index contributed by atoms with van der Waals surface area (Å²) in [5.41, 5.74) is -0.642. The van der Waals surface area contributed by atoms with Gasteiger partial charge >= 0.3 is 0 Å². The average Bonchev–Trinajstić information content (AvgIpc) is 2.80. The number of anilines is 1. The van der Waals surface area contributed by atoms with E-state index in [1.54, 1.807) is 7.05 Å². The number of amides is 1. The maximum atomic E-state index is 12.3. The lowest BCUT2D eigenvalue weighted by molar-refractivity contribution is -0.385. The normalized spacial score (nSPS) is 19.5. The number of nitro benzene ring substituents is 1. The minimum absolute atomic E-state index is 0.174. The molecule has 0 bridgehead atoms. The van der Waals surface area contributed by atoms with E-state index < -0.39 is 16.6 Å². The number of rotatable bonds is 4. The van der Waals surface area contributed by atoms with Gasteiger partial charge in [-0.15, -0.1) is 0 Å². The molecule has 118 valence electrons. The predicted molar refractivity (Wildman–Crippen MR) is 83.5 cm³/mol. The van der Waals surface area contributed by atoms with Crippen molar-refractivity contribution in [2.24, 2.45) is 0 Å². The second-order valence-electron chi connectivity index (χ2n) is 5.45. The third-order valence-electron chi connectivity index (χ3n) is 3.97. The first-order valence-electron chi connectivity index (χ1n) is 7.01. The van der Waals surface area contributed by atoms with Crippen LogP contribution in [-0.2, 0) is 17.1 Å². The lowest BCUT2D eigenvalue weighted by Crippen LogP contribution is -2.48. The summed E-state index contributed by atoms with van der Waals surface area (Å²) in [5.74, 6) is -0.619. The van der Waals surface area contributed by atoms with Gasteiger partial charge in [0.2, 0.25) is 5.72 Å². The highest BCUT2D eigenvalue weighted by molar-refractivity contribution is 6.04. The van der Waals surface area contributed by atoms with Crippen LogP contribution < -0.4 is 5.32 Å². The summed E-state index contributed by atoms with van der Waals surface area (Å²) in [6.07, 6.45) is 0. The number of carbonyl (C=O) groups excluding carboxylic acids is 1. The Morgan fingerprint density at radius 1 is 1.26 bits per heavy atom. The zero-order valence-corrected chi connectivity index (χ0v) is 12.4. The van der Waals surface area contributed by atoms with Gasteiger partial charge in [0.15, 0.2) is 0 Å². The summed E-state index contributed by atoms with van der Waals surface area (Å²) >= 11 is 0. The minimum Gasteiger partial charge on any atom is -0.364 e. The molecule has 2 aromatic rings. The van der Waals surface area contributed by atoms with Crippen molar-refractivity contribution in [1.29, 1.82) is 0 Å². The topological polar surface area (TPSA) is 95.7 Å². The van der Waals surface area contributed by atoms with Gasteiger partial charge in [-0.25, -0.2) is 0 Å². The number of hydrogen-bond donors (Lipinski definition) is 2. The molecule has 0 aromatic heterocycles.